The van der Waals surface area contributed by atoms with Crippen LogP contribution in [0.4, 0.5) is 4.79 Å². The van der Waals surface area contributed by atoms with E-state index in [1.165, 1.54) is 7.11 Å². The molecule has 0 spiro atoms. The summed E-state index contributed by atoms with van der Waals surface area (Å²) in [7, 11) is 1.38. The number of urea groups is 1. The Hall–Kier alpha value is -1.52. The number of nitrogens with one attached hydrogen (secondary N) is 2. The van der Waals surface area contributed by atoms with Gasteiger partial charge in [0.25, 0.3) is 0 Å². The van der Waals surface area contributed by atoms with E-state index in [1.807, 2.05) is 0 Å². The lowest BCUT2D eigenvalue weighted by atomic mass is 10.2. The summed E-state index contributed by atoms with van der Waals surface area (Å²) >= 11 is 0. The normalized spacial score (nSPS) is 9.31. The highest BCUT2D eigenvalue weighted by Gasteiger charge is 2.00. The molecule has 2 N–H and O–H groups in total. The van der Waals surface area contributed by atoms with E-state index in [9.17, 15) is 9.59 Å². The number of carbonyl (C=O) groups excluding carboxylic acids is 2. The van der Waals surface area contributed by atoms with Crippen LogP contribution in [0.5, 0.6) is 0 Å². The number of ether oxygens (including phenoxy) is 1. The van der Waals surface area contributed by atoms with Gasteiger partial charge in [0.05, 0.1) is 7.11 Å². The summed E-state index contributed by atoms with van der Waals surface area (Å²) in [5.41, 5.74) is 0. The standard InChI is InChI=1S/C11H20N2O3/c1-3-8-12-11(15)13-9-6-4-5-7-10(14)16-2/h3H,1,4-9H2,2H3,(H2,12,13,15). The zero-order valence-corrected chi connectivity index (χ0v) is 9.75. The summed E-state index contributed by atoms with van der Waals surface area (Å²) in [4.78, 5) is 21.8. The van der Waals surface area contributed by atoms with E-state index >= 15 is 0 Å². The van der Waals surface area contributed by atoms with Crippen molar-refractivity contribution in [3.8, 4) is 0 Å². The van der Waals surface area contributed by atoms with E-state index in [-0.39, 0.29) is 12.0 Å². The first kappa shape index (κ1) is 14.5. The van der Waals surface area contributed by atoms with Crippen LogP contribution in [-0.2, 0) is 9.53 Å². The molecule has 0 aromatic carbocycles. The number of amides is 2. The van der Waals surface area contributed by atoms with E-state index in [1.54, 1.807) is 6.08 Å². The minimum atomic E-state index is -0.187. The van der Waals surface area contributed by atoms with Crippen molar-refractivity contribution in [3.63, 3.8) is 0 Å². The van der Waals surface area contributed by atoms with Crippen molar-refractivity contribution in [1.29, 1.82) is 0 Å². The fraction of sp³-hybridized carbons (Fsp3) is 0.636. The molecule has 92 valence electrons. The van der Waals surface area contributed by atoms with Crippen molar-refractivity contribution in [2.24, 2.45) is 0 Å². The number of rotatable bonds is 8. The Bertz CT molecular complexity index is 229. The lowest BCUT2D eigenvalue weighted by molar-refractivity contribution is -0.140. The van der Waals surface area contributed by atoms with Crippen molar-refractivity contribution in [3.05, 3.63) is 12.7 Å². The largest absolute Gasteiger partial charge is 0.469 e. The SMILES string of the molecule is C=CCNC(=O)NCCCCCC(=O)OC. The molecule has 0 radical (unpaired) electrons. The summed E-state index contributed by atoms with van der Waals surface area (Å²) in [5.74, 6) is -0.184. The topological polar surface area (TPSA) is 67.4 Å². The molecule has 0 bridgehead atoms. The van der Waals surface area contributed by atoms with E-state index in [4.69, 9.17) is 0 Å². The maximum absolute atomic E-state index is 11.0. The average Bonchev–Trinajstić information content (AvgIpc) is 2.30. The van der Waals surface area contributed by atoms with Gasteiger partial charge in [0.1, 0.15) is 0 Å². The number of hydrogen-bond donors (Lipinski definition) is 2. The molecule has 0 heterocycles. The van der Waals surface area contributed by atoms with Crippen LogP contribution >= 0.6 is 0 Å². The molecule has 2 amide bonds. The Kier molecular flexibility index (Phi) is 9.06. The molecule has 0 aromatic heterocycles. The molecular weight excluding hydrogens is 208 g/mol. The summed E-state index contributed by atoms with van der Waals surface area (Å²) < 4.78 is 4.51. The first-order valence-electron chi connectivity index (χ1n) is 5.40. The van der Waals surface area contributed by atoms with Crippen molar-refractivity contribution < 1.29 is 14.3 Å². The maximum atomic E-state index is 11.0. The zero-order chi connectivity index (χ0) is 12.2. The molecule has 0 atom stereocenters. The van der Waals surface area contributed by atoms with Crippen LogP contribution < -0.4 is 10.6 Å². The summed E-state index contributed by atoms with van der Waals surface area (Å²) in [6.45, 7) is 4.57. The van der Waals surface area contributed by atoms with Gasteiger partial charge in [0, 0.05) is 19.5 Å². The number of carbonyl (C=O) groups is 2. The van der Waals surface area contributed by atoms with E-state index in [2.05, 4.69) is 21.9 Å². The summed E-state index contributed by atoms with van der Waals surface area (Å²) in [6, 6.07) is -0.187. The Morgan fingerprint density at radius 3 is 2.62 bits per heavy atom. The Labute approximate surface area is 96.2 Å². The predicted octanol–water partition coefficient (Wildman–Crippen LogP) is 1.20. The van der Waals surface area contributed by atoms with E-state index in [0.717, 1.165) is 19.3 Å². The molecule has 0 saturated heterocycles. The summed E-state index contributed by atoms with van der Waals surface area (Å²) in [6.07, 6.45) is 4.62. The summed E-state index contributed by atoms with van der Waals surface area (Å²) in [5, 5.41) is 5.31. The second-order valence-corrected chi connectivity index (χ2v) is 3.31. The third-order valence-electron chi connectivity index (χ3n) is 1.98. The number of esters is 1. The van der Waals surface area contributed by atoms with Gasteiger partial charge in [-0.25, -0.2) is 4.79 Å². The molecule has 0 aliphatic heterocycles. The third-order valence-corrected chi connectivity index (χ3v) is 1.98. The minimum Gasteiger partial charge on any atom is -0.469 e. The molecule has 0 aliphatic carbocycles. The van der Waals surface area contributed by atoms with Crippen molar-refractivity contribution >= 4 is 12.0 Å². The van der Waals surface area contributed by atoms with Crippen LogP contribution in [0.15, 0.2) is 12.7 Å². The van der Waals surface area contributed by atoms with Gasteiger partial charge in [-0.1, -0.05) is 12.5 Å². The molecule has 16 heavy (non-hydrogen) atoms. The number of unbranched alkanes of at least 4 members (excludes halogenated alkanes) is 2. The predicted molar refractivity (Wildman–Crippen MR) is 62.1 cm³/mol. The highest BCUT2D eigenvalue weighted by atomic mass is 16.5. The lowest BCUT2D eigenvalue weighted by Crippen LogP contribution is -2.35. The Balaban J connectivity index is 3.23. The van der Waals surface area contributed by atoms with Gasteiger partial charge < -0.3 is 15.4 Å². The second kappa shape index (κ2) is 10.0. The van der Waals surface area contributed by atoms with Gasteiger partial charge in [0.2, 0.25) is 0 Å². The van der Waals surface area contributed by atoms with Gasteiger partial charge in [-0.15, -0.1) is 6.58 Å². The molecule has 0 saturated carbocycles. The minimum absolute atomic E-state index is 0.184. The monoisotopic (exact) mass is 228 g/mol. The van der Waals surface area contributed by atoms with Gasteiger partial charge in [-0.2, -0.15) is 0 Å². The Morgan fingerprint density at radius 2 is 2.00 bits per heavy atom. The molecule has 0 unspecified atom stereocenters. The van der Waals surface area contributed by atoms with Gasteiger partial charge in [-0.3, -0.25) is 4.79 Å². The molecule has 0 aromatic rings. The molecule has 0 fully saturated rings. The smallest absolute Gasteiger partial charge is 0.315 e. The van der Waals surface area contributed by atoms with Gasteiger partial charge in [-0.05, 0) is 12.8 Å². The van der Waals surface area contributed by atoms with Crippen LogP contribution in [0.2, 0.25) is 0 Å². The highest BCUT2D eigenvalue weighted by Crippen LogP contribution is 1.99. The lowest BCUT2D eigenvalue weighted by Gasteiger charge is -2.05. The van der Waals surface area contributed by atoms with E-state index < -0.39 is 0 Å². The van der Waals surface area contributed by atoms with Crippen molar-refractivity contribution in [2.45, 2.75) is 25.7 Å². The quantitative estimate of drug-likeness (QED) is 0.373. The maximum Gasteiger partial charge on any atom is 0.315 e. The highest BCUT2D eigenvalue weighted by molar-refractivity contribution is 5.73. The first-order chi connectivity index (χ1) is 7.70. The Morgan fingerprint density at radius 1 is 1.25 bits per heavy atom. The van der Waals surface area contributed by atoms with Crippen LogP contribution in [0.25, 0.3) is 0 Å². The van der Waals surface area contributed by atoms with Gasteiger partial charge in [0.15, 0.2) is 0 Å². The molecule has 0 rings (SSSR count). The molecule has 0 aliphatic rings. The van der Waals surface area contributed by atoms with E-state index in [0.29, 0.717) is 19.5 Å². The first-order valence-corrected chi connectivity index (χ1v) is 5.40. The van der Waals surface area contributed by atoms with Crippen LogP contribution in [-0.4, -0.2) is 32.2 Å². The third kappa shape index (κ3) is 9.05. The van der Waals surface area contributed by atoms with Crippen LogP contribution in [0.1, 0.15) is 25.7 Å². The zero-order valence-electron chi connectivity index (χ0n) is 9.75. The molecular formula is C11H20N2O3. The fourth-order valence-electron chi connectivity index (χ4n) is 1.10. The fourth-order valence-corrected chi connectivity index (χ4v) is 1.10. The van der Waals surface area contributed by atoms with Crippen molar-refractivity contribution in [1.82, 2.24) is 10.6 Å². The van der Waals surface area contributed by atoms with Gasteiger partial charge >= 0.3 is 12.0 Å². The van der Waals surface area contributed by atoms with Crippen molar-refractivity contribution in [2.75, 3.05) is 20.2 Å². The molecule has 5 nitrogen and oxygen atoms in total. The number of hydrogen-bond acceptors (Lipinski definition) is 3. The van der Waals surface area contributed by atoms with Crippen LogP contribution in [0.3, 0.4) is 0 Å². The van der Waals surface area contributed by atoms with Crippen LogP contribution in [0, 0.1) is 0 Å². The second-order valence-electron chi connectivity index (χ2n) is 3.31. The number of methoxy groups -OCH3 is 1. The average molecular weight is 228 g/mol. The molecule has 5 heteroatoms.